The van der Waals surface area contributed by atoms with Crippen molar-refractivity contribution < 1.29 is 8.42 Å². The average Bonchev–Trinajstić information content (AvgIpc) is 2.21. The highest BCUT2D eigenvalue weighted by Crippen LogP contribution is 2.27. The second kappa shape index (κ2) is 4.90. The quantitative estimate of drug-likeness (QED) is 0.820. The minimum absolute atomic E-state index is 0.335. The zero-order valence-corrected chi connectivity index (χ0v) is 11.7. The first-order valence-electron chi connectivity index (χ1n) is 6.27. The number of rotatable bonds is 4. The van der Waals surface area contributed by atoms with Gasteiger partial charge in [0.05, 0.1) is 4.90 Å². The van der Waals surface area contributed by atoms with Crippen LogP contribution in [0.25, 0.3) is 0 Å². The summed E-state index contributed by atoms with van der Waals surface area (Å²) in [6.45, 7) is 4.08. The van der Waals surface area contributed by atoms with Crippen LogP contribution in [0.1, 0.15) is 30.4 Å². The first-order chi connectivity index (χ1) is 8.42. The van der Waals surface area contributed by atoms with E-state index in [0.29, 0.717) is 28.6 Å². The molecule has 1 aliphatic carbocycles. The van der Waals surface area contributed by atoms with Crippen molar-refractivity contribution in [3.8, 4) is 0 Å². The molecule has 0 saturated heterocycles. The molecule has 0 aliphatic heterocycles. The Morgan fingerprint density at radius 1 is 1.33 bits per heavy atom. The number of sulfonamides is 1. The monoisotopic (exact) mass is 268 g/mol. The lowest BCUT2D eigenvalue weighted by Gasteiger charge is -2.25. The molecule has 1 aromatic rings. The summed E-state index contributed by atoms with van der Waals surface area (Å²) in [4.78, 5) is 0.335. The molecular weight excluding hydrogens is 248 g/mol. The van der Waals surface area contributed by atoms with Gasteiger partial charge in [0.2, 0.25) is 10.0 Å². The van der Waals surface area contributed by atoms with Crippen molar-refractivity contribution in [2.24, 2.45) is 5.92 Å². The molecule has 0 aromatic heterocycles. The molecule has 2 rings (SSSR count). The smallest absolute Gasteiger partial charge is 0.241 e. The predicted octanol–water partition coefficient (Wildman–Crippen LogP) is 1.96. The summed E-state index contributed by atoms with van der Waals surface area (Å²) in [6, 6.07) is 3.50. The van der Waals surface area contributed by atoms with Crippen LogP contribution in [0.4, 0.5) is 5.69 Å². The fraction of sp³-hybridized carbons (Fsp3) is 0.538. The average molecular weight is 268 g/mol. The predicted molar refractivity (Wildman–Crippen MR) is 72.9 cm³/mol. The SMILES string of the molecule is Cc1ccc(N)c(C)c1S(=O)(=O)NCC1CCC1. The molecule has 1 saturated carbocycles. The summed E-state index contributed by atoms with van der Waals surface area (Å²) >= 11 is 0. The van der Waals surface area contributed by atoms with E-state index in [9.17, 15) is 8.42 Å². The van der Waals surface area contributed by atoms with E-state index in [1.165, 1.54) is 6.42 Å². The van der Waals surface area contributed by atoms with Crippen LogP contribution in [0.3, 0.4) is 0 Å². The number of benzene rings is 1. The van der Waals surface area contributed by atoms with Gasteiger partial charge in [-0.3, -0.25) is 0 Å². The van der Waals surface area contributed by atoms with Gasteiger partial charge in [-0.05, 0) is 49.8 Å². The molecule has 0 radical (unpaired) electrons. The zero-order chi connectivity index (χ0) is 13.3. The summed E-state index contributed by atoms with van der Waals surface area (Å²) in [6.07, 6.45) is 3.46. The van der Waals surface area contributed by atoms with E-state index in [-0.39, 0.29) is 0 Å². The molecule has 0 bridgehead atoms. The van der Waals surface area contributed by atoms with Crippen LogP contribution < -0.4 is 10.5 Å². The fourth-order valence-electron chi connectivity index (χ4n) is 2.25. The molecule has 0 unspecified atom stereocenters. The van der Waals surface area contributed by atoms with Crippen molar-refractivity contribution in [3.63, 3.8) is 0 Å². The Balaban J connectivity index is 2.25. The third-order valence-electron chi connectivity index (χ3n) is 3.70. The van der Waals surface area contributed by atoms with Gasteiger partial charge in [0.1, 0.15) is 0 Å². The Bertz CT molecular complexity index is 548. The molecule has 3 N–H and O–H groups in total. The van der Waals surface area contributed by atoms with E-state index in [2.05, 4.69) is 4.72 Å². The van der Waals surface area contributed by atoms with Gasteiger partial charge in [-0.1, -0.05) is 12.5 Å². The lowest BCUT2D eigenvalue weighted by molar-refractivity contribution is 0.316. The number of hydrogen-bond acceptors (Lipinski definition) is 3. The zero-order valence-electron chi connectivity index (χ0n) is 10.9. The van der Waals surface area contributed by atoms with Gasteiger partial charge >= 0.3 is 0 Å². The van der Waals surface area contributed by atoms with Gasteiger partial charge in [-0.2, -0.15) is 0 Å². The summed E-state index contributed by atoms with van der Waals surface area (Å²) in [5.74, 6) is 0.501. The van der Waals surface area contributed by atoms with Crippen molar-refractivity contribution in [3.05, 3.63) is 23.3 Å². The highest BCUT2D eigenvalue weighted by Gasteiger charge is 2.24. The Labute approximate surface area is 109 Å². The Morgan fingerprint density at radius 3 is 2.56 bits per heavy atom. The Kier molecular flexibility index (Phi) is 3.64. The standard InChI is InChI=1S/C13H20N2O2S/c1-9-6-7-12(14)10(2)13(9)18(16,17)15-8-11-4-3-5-11/h6-7,11,15H,3-5,8,14H2,1-2H3. The van der Waals surface area contributed by atoms with Crippen LogP contribution in [-0.2, 0) is 10.0 Å². The summed E-state index contributed by atoms with van der Waals surface area (Å²) in [5.41, 5.74) is 7.68. The normalized spacial score (nSPS) is 16.6. The lowest BCUT2D eigenvalue weighted by Crippen LogP contribution is -2.33. The molecule has 1 aromatic carbocycles. The van der Waals surface area contributed by atoms with Crippen molar-refractivity contribution in [1.29, 1.82) is 0 Å². The van der Waals surface area contributed by atoms with E-state index in [4.69, 9.17) is 5.73 Å². The molecule has 100 valence electrons. The molecule has 0 heterocycles. The molecule has 0 amide bonds. The van der Waals surface area contributed by atoms with Crippen LogP contribution in [-0.4, -0.2) is 15.0 Å². The van der Waals surface area contributed by atoms with Crippen molar-refractivity contribution in [2.45, 2.75) is 38.0 Å². The lowest BCUT2D eigenvalue weighted by atomic mass is 9.86. The number of hydrogen-bond donors (Lipinski definition) is 2. The van der Waals surface area contributed by atoms with Gasteiger partial charge < -0.3 is 5.73 Å². The van der Waals surface area contributed by atoms with Gasteiger partial charge in [0.15, 0.2) is 0 Å². The molecule has 0 atom stereocenters. The molecule has 0 spiro atoms. The van der Waals surface area contributed by atoms with Crippen molar-refractivity contribution in [1.82, 2.24) is 4.72 Å². The van der Waals surface area contributed by atoms with Crippen molar-refractivity contribution >= 4 is 15.7 Å². The molecular formula is C13H20N2O2S. The van der Waals surface area contributed by atoms with E-state index in [0.717, 1.165) is 18.4 Å². The summed E-state index contributed by atoms with van der Waals surface area (Å²) in [7, 11) is -3.45. The first-order valence-corrected chi connectivity index (χ1v) is 7.75. The van der Waals surface area contributed by atoms with E-state index < -0.39 is 10.0 Å². The number of aryl methyl sites for hydroxylation is 1. The van der Waals surface area contributed by atoms with Gasteiger partial charge in [0, 0.05) is 12.2 Å². The van der Waals surface area contributed by atoms with Crippen LogP contribution in [0.2, 0.25) is 0 Å². The Hall–Kier alpha value is -1.07. The molecule has 1 aliphatic rings. The highest BCUT2D eigenvalue weighted by atomic mass is 32.2. The molecule has 4 nitrogen and oxygen atoms in total. The molecule has 5 heteroatoms. The maximum absolute atomic E-state index is 12.3. The number of nitrogen functional groups attached to an aromatic ring is 1. The number of nitrogens with one attached hydrogen (secondary N) is 1. The molecule has 1 fully saturated rings. The third kappa shape index (κ3) is 2.52. The van der Waals surface area contributed by atoms with Crippen LogP contribution >= 0.6 is 0 Å². The second-order valence-electron chi connectivity index (χ2n) is 5.07. The first kappa shape index (κ1) is 13.4. The minimum atomic E-state index is -3.45. The van der Waals surface area contributed by atoms with Gasteiger partial charge in [-0.15, -0.1) is 0 Å². The fourth-order valence-corrected chi connectivity index (χ4v) is 3.86. The van der Waals surface area contributed by atoms with Crippen molar-refractivity contribution in [2.75, 3.05) is 12.3 Å². The topological polar surface area (TPSA) is 72.2 Å². The van der Waals surface area contributed by atoms with Crippen LogP contribution in [0, 0.1) is 19.8 Å². The third-order valence-corrected chi connectivity index (χ3v) is 5.41. The largest absolute Gasteiger partial charge is 0.398 e. The van der Waals surface area contributed by atoms with Crippen LogP contribution in [0.15, 0.2) is 17.0 Å². The highest BCUT2D eigenvalue weighted by molar-refractivity contribution is 7.89. The molecule has 18 heavy (non-hydrogen) atoms. The number of nitrogens with two attached hydrogens (primary N) is 1. The minimum Gasteiger partial charge on any atom is -0.398 e. The Morgan fingerprint density at radius 2 is 2.00 bits per heavy atom. The van der Waals surface area contributed by atoms with Gasteiger partial charge in [-0.25, -0.2) is 13.1 Å². The maximum Gasteiger partial charge on any atom is 0.241 e. The number of anilines is 1. The van der Waals surface area contributed by atoms with E-state index >= 15 is 0 Å². The second-order valence-corrected chi connectivity index (χ2v) is 6.78. The van der Waals surface area contributed by atoms with E-state index in [1.54, 1.807) is 26.0 Å². The van der Waals surface area contributed by atoms with Crippen LogP contribution in [0.5, 0.6) is 0 Å². The van der Waals surface area contributed by atoms with Gasteiger partial charge in [0.25, 0.3) is 0 Å². The summed E-state index contributed by atoms with van der Waals surface area (Å²) < 4.78 is 27.3. The van der Waals surface area contributed by atoms with E-state index in [1.807, 2.05) is 0 Å². The summed E-state index contributed by atoms with van der Waals surface area (Å²) in [5, 5.41) is 0. The maximum atomic E-state index is 12.3.